The number of ether oxygens (including phenoxy) is 2. The molecule has 0 unspecified atom stereocenters. The molecule has 160 valence electrons. The molecule has 0 atom stereocenters. The van der Waals surface area contributed by atoms with Crippen molar-refractivity contribution >= 4 is 15.7 Å². The minimum atomic E-state index is -4.22. The third-order valence-electron chi connectivity index (χ3n) is 4.35. The number of hydrogen-bond donors (Lipinski definition) is 1. The molecule has 1 N–H and O–H groups in total. The quantitative estimate of drug-likeness (QED) is 0.411. The molecule has 3 rings (SSSR count). The molecule has 0 spiro atoms. The number of nitro benzene ring substituents is 1. The minimum absolute atomic E-state index is 0.0568. The van der Waals surface area contributed by atoms with E-state index >= 15 is 0 Å². The van der Waals surface area contributed by atoms with Crippen LogP contribution in [0.4, 0.5) is 5.69 Å². The van der Waals surface area contributed by atoms with E-state index in [0.717, 1.165) is 12.1 Å². The topological polar surface area (TPSA) is 149 Å². The molecule has 0 fully saturated rings. The van der Waals surface area contributed by atoms with Crippen LogP contribution in [0.1, 0.15) is 11.1 Å². The van der Waals surface area contributed by atoms with Crippen LogP contribution in [0.15, 0.2) is 53.7 Å². The van der Waals surface area contributed by atoms with Crippen LogP contribution >= 0.6 is 0 Å². The zero-order chi connectivity index (χ0) is 22.6. The van der Waals surface area contributed by atoms with Gasteiger partial charge in [0.15, 0.2) is 0 Å². The molecule has 0 aliphatic heterocycles. The van der Waals surface area contributed by atoms with Gasteiger partial charge in [-0.25, -0.2) is 17.8 Å². The summed E-state index contributed by atoms with van der Waals surface area (Å²) in [5.41, 5.74) is 0.391. The molecule has 3 aromatic rings. The predicted octanol–water partition coefficient (Wildman–Crippen LogP) is 2.15. The molecule has 0 saturated carbocycles. The van der Waals surface area contributed by atoms with Crippen LogP contribution in [0.3, 0.4) is 0 Å². The molecule has 0 amide bonds. The Hall–Kier alpha value is -3.95. The van der Waals surface area contributed by atoms with Gasteiger partial charge in [0, 0.05) is 36.5 Å². The molecule has 1 heterocycles. The molecule has 0 aliphatic carbocycles. The molecule has 12 heteroatoms. The summed E-state index contributed by atoms with van der Waals surface area (Å²) < 4.78 is 40.1. The van der Waals surface area contributed by atoms with Gasteiger partial charge in [0.2, 0.25) is 10.0 Å². The van der Waals surface area contributed by atoms with Crippen molar-refractivity contribution in [1.82, 2.24) is 14.5 Å². The Morgan fingerprint density at radius 1 is 1.23 bits per heavy atom. The number of sulfonamides is 1. The first-order valence-electron chi connectivity index (χ1n) is 8.73. The highest BCUT2D eigenvalue weighted by molar-refractivity contribution is 7.89. The Balaban J connectivity index is 2.00. The molecule has 0 radical (unpaired) electrons. The van der Waals surface area contributed by atoms with Crippen molar-refractivity contribution in [3.63, 3.8) is 0 Å². The maximum atomic E-state index is 13.1. The standard InChI is InChI=1S/C19H17N5O6S/c1-29-16-5-3-14(18(8-16)30-2)11-22-31(27,28)19-7-15(24(25)26)4-6-17(19)23-12-13(9-20)10-21-23/h3-8,10,12,22H,11H2,1-2H3. The van der Waals surface area contributed by atoms with Gasteiger partial charge < -0.3 is 9.47 Å². The van der Waals surface area contributed by atoms with Gasteiger partial charge in [-0.3, -0.25) is 10.1 Å². The summed E-state index contributed by atoms with van der Waals surface area (Å²) in [4.78, 5) is 10.1. The first kappa shape index (κ1) is 21.8. The molecule has 0 aliphatic rings. The number of rotatable bonds is 8. The highest BCUT2D eigenvalue weighted by atomic mass is 32.2. The van der Waals surface area contributed by atoms with Crippen LogP contribution in [-0.4, -0.2) is 37.3 Å². The van der Waals surface area contributed by atoms with Gasteiger partial charge in [-0.15, -0.1) is 0 Å². The largest absolute Gasteiger partial charge is 0.497 e. The Morgan fingerprint density at radius 2 is 2.00 bits per heavy atom. The summed E-state index contributed by atoms with van der Waals surface area (Å²) in [6.07, 6.45) is 2.58. The van der Waals surface area contributed by atoms with Crippen molar-refractivity contribution in [3.05, 3.63) is 70.0 Å². The third kappa shape index (κ3) is 4.63. The van der Waals surface area contributed by atoms with Crippen molar-refractivity contribution in [3.8, 4) is 23.3 Å². The van der Waals surface area contributed by atoms with Gasteiger partial charge in [0.25, 0.3) is 5.69 Å². The Kier molecular flexibility index (Phi) is 6.19. The van der Waals surface area contributed by atoms with Crippen LogP contribution in [0.5, 0.6) is 11.5 Å². The smallest absolute Gasteiger partial charge is 0.270 e. The lowest BCUT2D eigenvalue weighted by molar-refractivity contribution is -0.385. The van der Waals surface area contributed by atoms with Gasteiger partial charge in [0.05, 0.1) is 36.6 Å². The summed E-state index contributed by atoms with van der Waals surface area (Å²) in [5.74, 6) is 0.948. The number of hydrogen-bond acceptors (Lipinski definition) is 8. The molecule has 1 aromatic heterocycles. The summed E-state index contributed by atoms with van der Waals surface area (Å²) >= 11 is 0. The van der Waals surface area contributed by atoms with Crippen molar-refractivity contribution < 1.29 is 22.8 Å². The van der Waals surface area contributed by atoms with E-state index in [1.165, 1.54) is 37.4 Å². The number of methoxy groups -OCH3 is 2. The van der Waals surface area contributed by atoms with Crippen LogP contribution in [0.25, 0.3) is 5.69 Å². The second-order valence-electron chi connectivity index (χ2n) is 6.20. The maximum Gasteiger partial charge on any atom is 0.270 e. The number of nitrogens with zero attached hydrogens (tertiary/aromatic N) is 4. The average molecular weight is 443 g/mol. The molecular formula is C19H17N5O6S. The Bertz CT molecular complexity index is 1280. The van der Waals surface area contributed by atoms with Gasteiger partial charge in [-0.05, 0) is 12.1 Å². The van der Waals surface area contributed by atoms with E-state index in [9.17, 15) is 18.5 Å². The molecule has 0 saturated heterocycles. The fourth-order valence-corrected chi connectivity index (χ4v) is 4.00. The molecular weight excluding hydrogens is 426 g/mol. The summed E-state index contributed by atoms with van der Waals surface area (Å²) in [6.45, 7) is -0.139. The highest BCUT2D eigenvalue weighted by Gasteiger charge is 2.24. The van der Waals surface area contributed by atoms with Crippen LogP contribution in [0.2, 0.25) is 0 Å². The maximum absolute atomic E-state index is 13.1. The van der Waals surface area contributed by atoms with Gasteiger partial charge >= 0.3 is 0 Å². The van der Waals surface area contributed by atoms with E-state index in [0.29, 0.717) is 17.1 Å². The fraction of sp³-hybridized carbons (Fsp3) is 0.158. The number of benzene rings is 2. The van der Waals surface area contributed by atoms with Gasteiger partial charge in [0.1, 0.15) is 22.5 Å². The van der Waals surface area contributed by atoms with E-state index in [4.69, 9.17) is 14.7 Å². The van der Waals surface area contributed by atoms with Gasteiger partial charge in [-0.2, -0.15) is 10.4 Å². The van der Waals surface area contributed by atoms with E-state index in [-0.39, 0.29) is 22.7 Å². The second-order valence-corrected chi connectivity index (χ2v) is 7.93. The lowest BCUT2D eigenvalue weighted by atomic mass is 10.2. The van der Waals surface area contributed by atoms with Crippen LogP contribution < -0.4 is 14.2 Å². The normalized spacial score (nSPS) is 11.0. The van der Waals surface area contributed by atoms with E-state index in [1.807, 2.05) is 6.07 Å². The van der Waals surface area contributed by atoms with E-state index in [2.05, 4.69) is 9.82 Å². The van der Waals surface area contributed by atoms with E-state index < -0.39 is 20.6 Å². The molecule has 11 nitrogen and oxygen atoms in total. The number of nitro groups is 1. The van der Waals surface area contributed by atoms with Crippen molar-refractivity contribution in [2.24, 2.45) is 0 Å². The molecule has 31 heavy (non-hydrogen) atoms. The molecule has 0 bridgehead atoms. The Morgan fingerprint density at radius 3 is 2.61 bits per heavy atom. The minimum Gasteiger partial charge on any atom is -0.497 e. The summed E-state index contributed by atoms with van der Waals surface area (Å²) in [7, 11) is -1.28. The predicted molar refractivity (Wildman–Crippen MR) is 109 cm³/mol. The SMILES string of the molecule is COc1ccc(CNS(=O)(=O)c2cc([N+](=O)[O-])ccc2-n2cc(C#N)cn2)c(OC)c1. The lowest BCUT2D eigenvalue weighted by Crippen LogP contribution is -2.25. The summed E-state index contributed by atoms with van der Waals surface area (Å²) in [6, 6.07) is 10.2. The lowest BCUT2D eigenvalue weighted by Gasteiger charge is -2.14. The van der Waals surface area contributed by atoms with E-state index in [1.54, 1.807) is 18.2 Å². The number of non-ortho nitro benzene ring substituents is 1. The summed E-state index contributed by atoms with van der Waals surface area (Å²) in [5, 5.41) is 24.2. The first-order chi connectivity index (χ1) is 14.8. The number of aromatic nitrogens is 2. The molecule has 2 aromatic carbocycles. The van der Waals surface area contributed by atoms with Crippen molar-refractivity contribution in [2.45, 2.75) is 11.4 Å². The van der Waals surface area contributed by atoms with Gasteiger partial charge in [-0.1, -0.05) is 6.07 Å². The van der Waals surface area contributed by atoms with Crippen LogP contribution in [0, 0.1) is 21.4 Å². The average Bonchev–Trinajstić information content (AvgIpc) is 3.26. The second kappa shape index (κ2) is 8.82. The van der Waals surface area contributed by atoms with Crippen LogP contribution in [-0.2, 0) is 16.6 Å². The highest BCUT2D eigenvalue weighted by Crippen LogP contribution is 2.27. The monoisotopic (exact) mass is 443 g/mol. The number of nitriles is 1. The number of nitrogens with one attached hydrogen (secondary N) is 1. The zero-order valence-corrected chi connectivity index (χ0v) is 17.3. The Labute approximate surface area is 177 Å². The van der Waals surface area contributed by atoms with Crippen molar-refractivity contribution in [1.29, 1.82) is 5.26 Å². The third-order valence-corrected chi connectivity index (χ3v) is 5.78. The zero-order valence-electron chi connectivity index (χ0n) is 16.5. The van der Waals surface area contributed by atoms with Crippen molar-refractivity contribution in [2.75, 3.05) is 14.2 Å². The first-order valence-corrected chi connectivity index (χ1v) is 10.2. The fourth-order valence-electron chi connectivity index (χ4n) is 2.78.